The number of aliphatic hydroxyl groups excluding tert-OH is 1. The highest BCUT2D eigenvalue weighted by Crippen LogP contribution is 2.49. The fourth-order valence-corrected chi connectivity index (χ4v) is 6.37. The third-order valence-electron chi connectivity index (χ3n) is 5.45. The first kappa shape index (κ1) is 28.6. The Hall–Kier alpha value is -2.45. The SMILES string of the molecule is CC(C)OC(=O)[C@@H](C)N[P@](=S)(OC[C@H]1O[C@@H](n2cnc3c(N)ncnc32)[C@@](F)(Cl)[C@@H]1O)Oc1ccccc1. The van der Waals surface area contributed by atoms with Crippen LogP contribution in [0.25, 0.3) is 11.2 Å². The van der Waals surface area contributed by atoms with Crippen LogP contribution < -0.4 is 15.3 Å². The van der Waals surface area contributed by atoms with Crippen molar-refractivity contribution < 1.29 is 32.8 Å². The number of anilines is 1. The number of hydrogen-bond donors (Lipinski definition) is 3. The number of benzene rings is 1. The van der Waals surface area contributed by atoms with Crippen molar-refractivity contribution >= 4 is 53.0 Å². The van der Waals surface area contributed by atoms with E-state index in [-0.39, 0.29) is 23.1 Å². The third kappa shape index (κ3) is 6.07. The molecule has 3 aromatic rings. The summed E-state index contributed by atoms with van der Waals surface area (Å²) in [6, 6.07) is 7.67. The summed E-state index contributed by atoms with van der Waals surface area (Å²) in [7, 11) is 0. The molecule has 16 heteroatoms. The van der Waals surface area contributed by atoms with E-state index in [9.17, 15) is 9.90 Å². The van der Waals surface area contributed by atoms with Crippen molar-refractivity contribution in [3.8, 4) is 5.75 Å². The van der Waals surface area contributed by atoms with Crippen molar-refractivity contribution in [1.82, 2.24) is 24.6 Å². The summed E-state index contributed by atoms with van der Waals surface area (Å²) < 4.78 is 39.6. The molecule has 1 aliphatic rings. The van der Waals surface area contributed by atoms with Crippen LogP contribution in [0, 0.1) is 0 Å². The van der Waals surface area contributed by atoms with Gasteiger partial charge in [0.05, 0.1) is 19.0 Å². The van der Waals surface area contributed by atoms with Crippen molar-refractivity contribution in [2.45, 2.75) is 56.5 Å². The molecule has 4 rings (SSSR count). The van der Waals surface area contributed by atoms with Crippen molar-refractivity contribution in [1.29, 1.82) is 0 Å². The van der Waals surface area contributed by atoms with Gasteiger partial charge in [0.1, 0.15) is 35.8 Å². The van der Waals surface area contributed by atoms with Gasteiger partial charge in [0.25, 0.3) is 5.13 Å². The zero-order valence-corrected chi connectivity index (χ0v) is 23.1. The lowest BCUT2D eigenvalue weighted by atomic mass is 10.1. The van der Waals surface area contributed by atoms with Crippen molar-refractivity contribution in [3.63, 3.8) is 0 Å². The standard InChI is InChI=1S/C22H27ClFN6O6PS/c1-12(2)34-20(32)13(3)29-37(38,36-14-7-5-4-6-8-14)33-9-15-17(31)22(23,24)21(35-15)30-11-28-16-18(25)26-10-27-19(16)30/h4-8,10-13,15,17,21,31H,9H2,1-3H3,(H,29,38)(H2,25,26,27)/t13-,15-,17-,21-,22-,37+/m1/s1. The van der Waals surface area contributed by atoms with Crippen molar-refractivity contribution in [2.75, 3.05) is 12.3 Å². The average Bonchev–Trinajstić information content (AvgIpc) is 3.37. The van der Waals surface area contributed by atoms with Crippen LogP contribution in [0.4, 0.5) is 10.2 Å². The van der Waals surface area contributed by atoms with Gasteiger partial charge in [-0.15, -0.1) is 0 Å². The molecule has 6 atom stereocenters. The molecule has 0 bridgehead atoms. The second kappa shape index (κ2) is 11.3. The molecule has 38 heavy (non-hydrogen) atoms. The van der Waals surface area contributed by atoms with Gasteiger partial charge < -0.3 is 29.4 Å². The van der Waals surface area contributed by atoms with Gasteiger partial charge in [-0.3, -0.25) is 9.36 Å². The summed E-state index contributed by atoms with van der Waals surface area (Å²) in [4.78, 5) is 24.4. The quantitative estimate of drug-likeness (QED) is 0.181. The van der Waals surface area contributed by atoms with E-state index >= 15 is 4.39 Å². The number of aliphatic hydroxyl groups is 1. The van der Waals surface area contributed by atoms with E-state index in [1.807, 2.05) is 0 Å². The average molecular weight is 589 g/mol. The molecule has 0 saturated carbocycles. The lowest BCUT2D eigenvalue weighted by Crippen LogP contribution is -2.40. The highest BCUT2D eigenvalue weighted by Gasteiger charge is 2.58. The monoisotopic (exact) mass is 588 g/mol. The molecule has 1 aliphatic heterocycles. The summed E-state index contributed by atoms with van der Waals surface area (Å²) >= 11 is 11.8. The zero-order chi connectivity index (χ0) is 27.7. The molecule has 1 aromatic carbocycles. The first-order chi connectivity index (χ1) is 17.9. The van der Waals surface area contributed by atoms with Gasteiger partial charge in [0.15, 0.2) is 17.7 Å². The van der Waals surface area contributed by atoms with E-state index in [2.05, 4.69) is 20.0 Å². The van der Waals surface area contributed by atoms with Crippen LogP contribution in [0.5, 0.6) is 5.75 Å². The number of nitrogens with zero attached hydrogens (tertiary/aromatic N) is 4. The fraction of sp³-hybridized carbons (Fsp3) is 0.455. The normalized spacial score (nSPS) is 25.8. The molecule has 4 N–H and O–H groups in total. The molecule has 0 radical (unpaired) electrons. The maximum atomic E-state index is 15.6. The summed E-state index contributed by atoms with van der Waals surface area (Å²) in [5, 5.41) is 10.8. The number of para-hydroxylation sites is 1. The molecular weight excluding hydrogens is 562 g/mol. The maximum absolute atomic E-state index is 15.6. The second-order valence-corrected chi connectivity index (χ2v) is 12.5. The van der Waals surface area contributed by atoms with Gasteiger partial charge in [-0.2, -0.15) is 0 Å². The summed E-state index contributed by atoms with van der Waals surface area (Å²) in [5.41, 5.74) is 6.19. The van der Waals surface area contributed by atoms with Crippen molar-refractivity contribution in [3.05, 3.63) is 43.0 Å². The number of nitrogen functional groups attached to an aromatic ring is 1. The Morgan fingerprint density at radius 2 is 2.05 bits per heavy atom. The Bertz CT molecular complexity index is 1330. The molecule has 0 spiro atoms. The Morgan fingerprint density at radius 1 is 1.34 bits per heavy atom. The Labute approximate surface area is 227 Å². The van der Waals surface area contributed by atoms with E-state index in [1.54, 1.807) is 51.1 Å². The number of imidazole rings is 1. The molecular formula is C22H27ClFN6O6PS. The number of rotatable bonds is 10. The van der Waals surface area contributed by atoms with Crippen LogP contribution in [0.1, 0.15) is 27.0 Å². The number of esters is 1. The molecule has 206 valence electrons. The summed E-state index contributed by atoms with van der Waals surface area (Å²) in [6.45, 7) is 1.07. The van der Waals surface area contributed by atoms with E-state index in [0.29, 0.717) is 5.75 Å². The van der Waals surface area contributed by atoms with Crippen LogP contribution in [0.3, 0.4) is 0 Å². The molecule has 12 nitrogen and oxygen atoms in total. The number of aromatic nitrogens is 4. The number of nitrogens with one attached hydrogen (secondary N) is 1. The molecule has 0 amide bonds. The van der Waals surface area contributed by atoms with Crippen LogP contribution in [-0.4, -0.2) is 66.7 Å². The first-order valence-electron chi connectivity index (χ1n) is 11.5. The number of alkyl halides is 2. The third-order valence-corrected chi connectivity index (χ3v) is 8.36. The Balaban J connectivity index is 1.54. The first-order valence-corrected chi connectivity index (χ1v) is 14.5. The zero-order valence-electron chi connectivity index (χ0n) is 20.6. The minimum atomic E-state index is -3.47. The van der Waals surface area contributed by atoms with Crippen LogP contribution in [-0.2, 0) is 30.6 Å². The molecule has 0 unspecified atom stereocenters. The van der Waals surface area contributed by atoms with Gasteiger partial charge in [0, 0.05) is 0 Å². The van der Waals surface area contributed by atoms with Crippen LogP contribution in [0.15, 0.2) is 43.0 Å². The largest absolute Gasteiger partial charge is 0.462 e. The van der Waals surface area contributed by atoms with Crippen molar-refractivity contribution in [2.24, 2.45) is 0 Å². The summed E-state index contributed by atoms with van der Waals surface area (Å²) in [6.07, 6.45) is -2.58. The van der Waals surface area contributed by atoms with Gasteiger partial charge >= 0.3 is 12.6 Å². The van der Waals surface area contributed by atoms with Gasteiger partial charge in [-0.05, 0) is 44.7 Å². The molecule has 1 saturated heterocycles. The number of carbonyl (C=O) groups excluding carboxylic acids is 1. The topological polar surface area (TPSA) is 156 Å². The van der Waals surface area contributed by atoms with Gasteiger partial charge in [0.2, 0.25) is 0 Å². The number of carbonyl (C=O) groups is 1. The molecule has 0 aliphatic carbocycles. The minimum Gasteiger partial charge on any atom is -0.462 e. The molecule has 1 fully saturated rings. The Kier molecular flexibility index (Phi) is 8.52. The molecule has 2 aromatic heterocycles. The highest BCUT2D eigenvalue weighted by molar-refractivity contribution is 8.09. The fourth-order valence-electron chi connectivity index (χ4n) is 3.65. The number of ether oxygens (including phenoxy) is 2. The molecule has 3 heterocycles. The maximum Gasteiger partial charge on any atom is 0.323 e. The van der Waals surface area contributed by atoms with Crippen LogP contribution >= 0.6 is 18.2 Å². The van der Waals surface area contributed by atoms with Gasteiger partial charge in [-0.25, -0.2) is 24.4 Å². The smallest absolute Gasteiger partial charge is 0.323 e. The lowest BCUT2D eigenvalue weighted by molar-refractivity contribution is -0.149. The number of nitrogens with two attached hydrogens (primary N) is 1. The Morgan fingerprint density at radius 3 is 2.74 bits per heavy atom. The van der Waals surface area contributed by atoms with Gasteiger partial charge in [-0.1, -0.05) is 29.8 Å². The van der Waals surface area contributed by atoms with E-state index in [1.165, 1.54) is 17.2 Å². The highest BCUT2D eigenvalue weighted by atomic mass is 35.5. The number of hydrogen-bond acceptors (Lipinski definition) is 11. The number of fused-ring (bicyclic) bond motifs is 1. The second-order valence-electron chi connectivity index (χ2n) is 8.76. The van der Waals surface area contributed by atoms with E-state index in [0.717, 1.165) is 0 Å². The predicted molar refractivity (Wildman–Crippen MR) is 140 cm³/mol. The van der Waals surface area contributed by atoms with E-state index < -0.39 is 48.8 Å². The van der Waals surface area contributed by atoms with Crippen LogP contribution in [0.2, 0.25) is 0 Å². The van der Waals surface area contributed by atoms with E-state index in [4.69, 9.17) is 47.7 Å². The predicted octanol–water partition coefficient (Wildman–Crippen LogP) is 2.82. The minimum absolute atomic E-state index is 0.0844. The summed E-state index contributed by atoms with van der Waals surface area (Å²) in [5.74, 6) is -0.109. The lowest BCUT2D eigenvalue weighted by Gasteiger charge is -2.28. The number of halogens is 2.